The molecule has 0 unspecified atom stereocenters. The maximum Gasteiger partial charge on any atom is 0.255 e. The predicted octanol–water partition coefficient (Wildman–Crippen LogP) is 4.24. The van der Waals surface area contributed by atoms with Gasteiger partial charge in [0.1, 0.15) is 24.5 Å². The number of nitrogens with zero attached hydrogens (tertiary/aromatic N) is 4. The highest BCUT2D eigenvalue weighted by Gasteiger charge is 2.40. The zero-order valence-corrected chi connectivity index (χ0v) is 26.6. The third kappa shape index (κ3) is 6.98. The van der Waals surface area contributed by atoms with Crippen LogP contribution in [-0.2, 0) is 29.3 Å². The van der Waals surface area contributed by atoms with Crippen molar-refractivity contribution >= 4 is 47.8 Å². The maximum absolute atomic E-state index is 13.1. The summed E-state index contributed by atoms with van der Waals surface area (Å²) < 4.78 is 6.18. The molecule has 1 atom stereocenters. The number of rotatable bonds is 10. The average Bonchev–Trinajstić information content (AvgIpc) is 3.40. The molecule has 3 aromatic rings. The number of piperidine rings is 1. The van der Waals surface area contributed by atoms with Gasteiger partial charge in [-0.25, -0.2) is 0 Å². The van der Waals surface area contributed by atoms with E-state index < -0.39 is 11.9 Å². The second-order valence-corrected chi connectivity index (χ2v) is 13.0. The molecule has 9 nitrogen and oxygen atoms in total. The van der Waals surface area contributed by atoms with Gasteiger partial charge < -0.3 is 14.5 Å². The molecular weight excluding hydrogens is 607 g/mol. The number of anilines is 1. The number of thioether (sulfide) groups is 1. The number of nitriles is 1. The summed E-state index contributed by atoms with van der Waals surface area (Å²) in [7, 11) is 0. The van der Waals surface area contributed by atoms with Crippen molar-refractivity contribution in [2.24, 2.45) is 0 Å². The van der Waals surface area contributed by atoms with Crippen LogP contribution in [0.3, 0.4) is 0 Å². The molecule has 0 aromatic heterocycles. The molecule has 11 heteroatoms. The van der Waals surface area contributed by atoms with Crippen LogP contribution in [0, 0.1) is 11.3 Å². The quantitative estimate of drug-likeness (QED) is 0.193. The van der Waals surface area contributed by atoms with Crippen molar-refractivity contribution in [3.05, 3.63) is 88.5 Å². The molecule has 1 N–H and O–H groups in total. The fourth-order valence-corrected chi connectivity index (χ4v) is 7.15. The van der Waals surface area contributed by atoms with Crippen LogP contribution in [-0.4, -0.2) is 71.2 Å². The highest BCUT2D eigenvalue weighted by molar-refractivity contribution is 8.00. The molecule has 3 aliphatic heterocycles. The van der Waals surface area contributed by atoms with Crippen LogP contribution in [0.1, 0.15) is 45.5 Å². The molecule has 3 heterocycles. The Hall–Kier alpha value is -3.98. The Kier molecular flexibility index (Phi) is 9.64. The minimum Gasteiger partial charge on any atom is -0.489 e. The monoisotopic (exact) mass is 641 g/mol. The number of benzene rings is 3. The second kappa shape index (κ2) is 14.0. The zero-order valence-electron chi connectivity index (χ0n) is 24.9. The van der Waals surface area contributed by atoms with E-state index in [2.05, 4.69) is 70.2 Å². The van der Waals surface area contributed by atoms with Gasteiger partial charge in [0.2, 0.25) is 11.8 Å². The molecular formula is C34H35N5O4S2. The van der Waals surface area contributed by atoms with Crippen LogP contribution in [0.5, 0.6) is 5.75 Å². The highest BCUT2D eigenvalue weighted by Crippen LogP contribution is 2.34. The van der Waals surface area contributed by atoms with Crippen molar-refractivity contribution in [2.75, 3.05) is 42.6 Å². The molecule has 2 fully saturated rings. The lowest BCUT2D eigenvalue weighted by atomic mass is 10.0. The van der Waals surface area contributed by atoms with Crippen molar-refractivity contribution in [3.63, 3.8) is 0 Å². The Morgan fingerprint density at radius 1 is 1.00 bits per heavy atom. The molecule has 0 radical (unpaired) electrons. The van der Waals surface area contributed by atoms with Crippen molar-refractivity contribution in [1.29, 1.82) is 5.26 Å². The van der Waals surface area contributed by atoms with E-state index in [1.165, 1.54) is 5.56 Å². The predicted molar refractivity (Wildman–Crippen MR) is 176 cm³/mol. The number of thiol groups is 1. The first-order valence-corrected chi connectivity index (χ1v) is 16.8. The van der Waals surface area contributed by atoms with E-state index in [0.29, 0.717) is 24.3 Å². The van der Waals surface area contributed by atoms with Crippen molar-refractivity contribution in [3.8, 4) is 11.8 Å². The number of hydrogen-bond acceptors (Lipinski definition) is 9. The van der Waals surface area contributed by atoms with E-state index in [1.807, 2.05) is 12.1 Å². The summed E-state index contributed by atoms with van der Waals surface area (Å²) in [5, 5.41) is 11.8. The Morgan fingerprint density at radius 2 is 1.78 bits per heavy atom. The van der Waals surface area contributed by atoms with Gasteiger partial charge in [0.25, 0.3) is 5.91 Å². The summed E-state index contributed by atoms with van der Waals surface area (Å²) in [4.78, 5) is 44.5. The van der Waals surface area contributed by atoms with Crippen molar-refractivity contribution < 1.29 is 19.1 Å². The number of carbonyl (C=O) groups excluding carboxylic acids is 3. The van der Waals surface area contributed by atoms with E-state index in [4.69, 9.17) is 4.74 Å². The SMILES string of the molecule is N#Cc1ccc(N2CCN(Cc3ccc(COc4cccc5c4CN([C@H]4CCC(=O)NC4=O)C5=O)cc3)CC2)cc1SCCS. The van der Waals surface area contributed by atoms with Crippen LogP contribution >= 0.6 is 24.4 Å². The van der Waals surface area contributed by atoms with Gasteiger partial charge in [0.15, 0.2) is 0 Å². The van der Waals surface area contributed by atoms with E-state index in [-0.39, 0.29) is 24.8 Å². The van der Waals surface area contributed by atoms with Gasteiger partial charge in [-0.2, -0.15) is 17.9 Å². The second-order valence-electron chi connectivity index (χ2n) is 11.4. The average molecular weight is 642 g/mol. The highest BCUT2D eigenvalue weighted by atomic mass is 32.2. The van der Waals surface area contributed by atoms with E-state index in [9.17, 15) is 19.6 Å². The van der Waals surface area contributed by atoms with Gasteiger partial charge in [-0.05, 0) is 53.6 Å². The first kappa shape index (κ1) is 31.0. The number of carbonyl (C=O) groups is 3. The maximum atomic E-state index is 13.1. The Morgan fingerprint density at radius 3 is 2.51 bits per heavy atom. The number of piperazine rings is 1. The molecule has 0 bridgehead atoms. The number of imide groups is 1. The smallest absolute Gasteiger partial charge is 0.255 e. The van der Waals surface area contributed by atoms with E-state index in [1.54, 1.807) is 28.8 Å². The molecule has 232 valence electrons. The number of fused-ring (bicyclic) bond motifs is 1. The first-order chi connectivity index (χ1) is 21.9. The normalized spacial score (nSPS) is 18.5. The molecule has 2 saturated heterocycles. The molecule has 3 aromatic carbocycles. The molecule has 0 spiro atoms. The molecule has 0 saturated carbocycles. The molecule has 3 amide bonds. The van der Waals surface area contributed by atoms with Crippen molar-refractivity contribution in [2.45, 2.75) is 43.5 Å². The molecule has 45 heavy (non-hydrogen) atoms. The number of ether oxygens (including phenoxy) is 1. The third-order valence-electron chi connectivity index (χ3n) is 8.53. The van der Waals surface area contributed by atoms with E-state index in [0.717, 1.165) is 71.5 Å². The number of nitrogens with one attached hydrogen (secondary N) is 1. The topological polar surface area (TPSA) is 106 Å². The number of hydrogen-bond donors (Lipinski definition) is 2. The van der Waals surface area contributed by atoms with Gasteiger partial charge in [0.05, 0.1) is 12.1 Å². The fourth-order valence-electron chi connectivity index (χ4n) is 6.09. The summed E-state index contributed by atoms with van der Waals surface area (Å²) in [5.41, 5.74) is 5.47. The largest absolute Gasteiger partial charge is 0.489 e. The first-order valence-electron chi connectivity index (χ1n) is 15.2. The Bertz CT molecular complexity index is 1630. The van der Waals surface area contributed by atoms with Gasteiger partial charge in [-0.15, -0.1) is 11.8 Å². The van der Waals surface area contributed by atoms with Crippen molar-refractivity contribution in [1.82, 2.24) is 15.1 Å². The Labute approximate surface area is 272 Å². The summed E-state index contributed by atoms with van der Waals surface area (Å²) in [6.07, 6.45) is 0.554. The molecule has 6 rings (SSSR count). The summed E-state index contributed by atoms with van der Waals surface area (Å²) >= 11 is 5.99. The van der Waals surface area contributed by atoms with Crippen LogP contribution < -0.4 is 15.0 Å². The summed E-state index contributed by atoms with van der Waals surface area (Å²) in [5.74, 6) is 1.35. The fraction of sp³-hybridized carbons (Fsp3) is 0.353. The van der Waals surface area contributed by atoms with Gasteiger partial charge in [-0.1, -0.05) is 30.3 Å². The summed E-state index contributed by atoms with van der Waals surface area (Å²) in [6, 6.07) is 21.6. The zero-order chi connectivity index (χ0) is 31.3. The van der Waals surface area contributed by atoms with Gasteiger partial charge in [-0.3, -0.25) is 24.6 Å². The van der Waals surface area contributed by atoms with Gasteiger partial charge in [0, 0.05) is 66.6 Å². The third-order valence-corrected chi connectivity index (χ3v) is 10.1. The Balaban J connectivity index is 1.01. The minimum atomic E-state index is -0.651. The molecule has 3 aliphatic rings. The lowest BCUT2D eigenvalue weighted by molar-refractivity contribution is -0.136. The lowest BCUT2D eigenvalue weighted by Crippen LogP contribution is -2.52. The van der Waals surface area contributed by atoms with Crippen LogP contribution in [0.15, 0.2) is 65.6 Å². The van der Waals surface area contributed by atoms with E-state index >= 15 is 0 Å². The van der Waals surface area contributed by atoms with Gasteiger partial charge >= 0.3 is 0 Å². The summed E-state index contributed by atoms with van der Waals surface area (Å²) in [6.45, 7) is 5.29. The van der Waals surface area contributed by atoms with Crippen LogP contribution in [0.25, 0.3) is 0 Å². The lowest BCUT2D eigenvalue weighted by Gasteiger charge is -2.36. The number of amides is 3. The minimum absolute atomic E-state index is 0.208. The van der Waals surface area contributed by atoms with Crippen LogP contribution in [0.4, 0.5) is 5.69 Å². The van der Waals surface area contributed by atoms with Crippen LogP contribution in [0.2, 0.25) is 0 Å². The molecule has 0 aliphatic carbocycles. The standard InChI is InChI=1S/C34H35N5O4S2/c35-19-25-8-9-26(18-31(25)45-17-16-44)38-14-12-37(13-15-38)20-23-4-6-24(7-5-23)22-43-30-3-1-2-27-28(30)21-39(34(27)42)29-10-11-32(40)36-33(29)41/h1-9,18,29,44H,10-17,20-22H2,(H,36,40,41)/t29-/m0/s1.